The Labute approximate surface area is 61.6 Å². The van der Waals surface area contributed by atoms with Crippen LogP contribution in [0.3, 0.4) is 0 Å². The van der Waals surface area contributed by atoms with Crippen LogP contribution in [0.2, 0.25) is 0 Å². The molecule has 0 aromatic rings. The lowest BCUT2D eigenvalue weighted by atomic mass is 9.99. The van der Waals surface area contributed by atoms with E-state index in [1.807, 2.05) is 6.08 Å². The lowest BCUT2D eigenvalue weighted by Crippen LogP contribution is -2.12. The van der Waals surface area contributed by atoms with Crippen molar-refractivity contribution in [3.63, 3.8) is 0 Å². The number of hydrogen-bond donors (Lipinski definition) is 2. The summed E-state index contributed by atoms with van der Waals surface area (Å²) in [6.45, 7) is 2.14. The lowest BCUT2D eigenvalue weighted by molar-refractivity contribution is 0.830. The molecule has 0 spiro atoms. The van der Waals surface area contributed by atoms with Crippen LogP contribution in [0, 0.1) is 0 Å². The summed E-state index contributed by atoms with van der Waals surface area (Å²) < 4.78 is 0. The molecule has 0 radical (unpaired) electrons. The molecule has 0 aromatic carbocycles. The summed E-state index contributed by atoms with van der Waals surface area (Å²) in [6.07, 6.45) is 5.11. The maximum Gasteiger partial charge on any atom is 0.0504 e. The average Bonchev–Trinajstić information content (AvgIpc) is 1.95. The SMILES string of the molecule is CCC1=CC(N)=C(N)CC1. The van der Waals surface area contributed by atoms with Crippen LogP contribution in [0.5, 0.6) is 0 Å². The fraction of sp³-hybridized carbons (Fsp3) is 0.500. The Bertz CT molecular complexity index is 189. The van der Waals surface area contributed by atoms with E-state index in [1.165, 1.54) is 5.57 Å². The Kier molecular flexibility index (Phi) is 2.00. The van der Waals surface area contributed by atoms with Crippen LogP contribution in [-0.4, -0.2) is 0 Å². The zero-order chi connectivity index (χ0) is 7.56. The summed E-state index contributed by atoms with van der Waals surface area (Å²) in [5.41, 5.74) is 14.2. The molecule has 0 heterocycles. The molecule has 0 fully saturated rings. The molecule has 10 heavy (non-hydrogen) atoms. The second-order valence-electron chi connectivity index (χ2n) is 2.64. The molecule has 0 amide bonds. The van der Waals surface area contributed by atoms with Crippen LogP contribution in [0.1, 0.15) is 26.2 Å². The fourth-order valence-corrected chi connectivity index (χ4v) is 1.10. The first-order valence-electron chi connectivity index (χ1n) is 3.67. The molecule has 0 aliphatic heterocycles. The van der Waals surface area contributed by atoms with E-state index >= 15 is 0 Å². The fourth-order valence-electron chi connectivity index (χ4n) is 1.10. The van der Waals surface area contributed by atoms with E-state index in [-0.39, 0.29) is 0 Å². The number of hydrogen-bond acceptors (Lipinski definition) is 2. The second kappa shape index (κ2) is 2.78. The molecule has 2 heteroatoms. The highest BCUT2D eigenvalue weighted by Gasteiger charge is 2.05. The van der Waals surface area contributed by atoms with Gasteiger partial charge >= 0.3 is 0 Å². The van der Waals surface area contributed by atoms with E-state index in [9.17, 15) is 0 Å². The second-order valence-corrected chi connectivity index (χ2v) is 2.64. The average molecular weight is 138 g/mol. The number of allylic oxidation sites excluding steroid dienone is 3. The molecule has 0 bridgehead atoms. The van der Waals surface area contributed by atoms with Crippen LogP contribution >= 0.6 is 0 Å². The van der Waals surface area contributed by atoms with Gasteiger partial charge in [0, 0.05) is 5.70 Å². The normalized spacial score (nSPS) is 19.1. The van der Waals surface area contributed by atoms with E-state index < -0.39 is 0 Å². The van der Waals surface area contributed by atoms with Gasteiger partial charge in [0.25, 0.3) is 0 Å². The summed E-state index contributed by atoms with van der Waals surface area (Å²) in [6, 6.07) is 0. The molecule has 0 saturated carbocycles. The first-order valence-corrected chi connectivity index (χ1v) is 3.67. The molecule has 4 N–H and O–H groups in total. The smallest absolute Gasteiger partial charge is 0.0504 e. The van der Waals surface area contributed by atoms with Crippen molar-refractivity contribution in [2.24, 2.45) is 11.5 Å². The van der Waals surface area contributed by atoms with Gasteiger partial charge in [0.2, 0.25) is 0 Å². The van der Waals surface area contributed by atoms with Gasteiger partial charge in [-0.25, -0.2) is 0 Å². The molecule has 1 aliphatic rings. The molecular formula is C8H14N2. The van der Waals surface area contributed by atoms with Crippen molar-refractivity contribution < 1.29 is 0 Å². The van der Waals surface area contributed by atoms with Crippen molar-refractivity contribution in [3.8, 4) is 0 Å². The Balaban J connectivity index is 2.76. The number of nitrogens with two attached hydrogens (primary N) is 2. The van der Waals surface area contributed by atoms with Crippen molar-refractivity contribution in [3.05, 3.63) is 23.0 Å². The van der Waals surface area contributed by atoms with E-state index in [1.54, 1.807) is 0 Å². The van der Waals surface area contributed by atoms with Gasteiger partial charge in [-0.2, -0.15) is 0 Å². The standard InChI is InChI=1S/C8H14N2/c1-2-6-3-4-7(9)8(10)5-6/h5H,2-4,9-10H2,1H3. The largest absolute Gasteiger partial charge is 0.400 e. The minimum Gasteiger partial charge on any atom is -0.400 e. The van der Waals surface area contributed by atoms with Crippen LogP contribution in [-0.2, 0) is 0 Å². The molecule has 2 nitrogen and oxygen atoms in total. The lowest BCUT2D eigenvalue weighted by Gasteiger charge is -2.13. The van der Waals surface area contributed by atoms with Crippen molar-refractivity contribution in [2.75, 3.05) is 0 Å². The van der Waals surface area contributed by atoms with Crippen LogP contribution in [0.4, 0.5) is 0 Å². The Hall–Kier alpha value is -0.920. The van der Waals surface area contributed by atoms with Gasteiger partial charge in [-0.05, 0) is 25.3 Å². The molecule has 1 rings (SSSR count). The molecule has 0 atom stereocenters. The van der Waals surface area contributed by atoms with Crippen molar-refractivity contribution >= 4 is 0 Å². The van der Waals surface area contributed by atoms with E-state index in [0.29, 0.717) is 0 Å². The molecule has 0 saturated heterocycles. The topological polar surface area (TPSA) is 52.0 Å². The maximum atomic E-state index is 5.62. The Morgan fingerprint density at radius 2 is 2.10 bits per heavy atom. The highest BCUT2D eigenvalue weighted by Crippen LogP contribution is 2.19. The number of rotatable bonds is 1. The minimum atomic E-state index is 0.767. The maximum absolute atomic E-state index is 5.62. The Morgan fingerprint density at radius 3 is 2.60 bits per heavy atom. The van der Waals surface area contributed by atoms with Gasteiger partial charge in [0.15, 0.2) is 0 Å². The summed E-state index contributed by atoms with van der Waals surface area (Å²) >= 11 is 0. The zero-order valence-corrected chi connectivity index (χ0v) is 6.35. The quantitative estimate of drug-likeness (QED) is 0.573. The summed E-state index contributed by atoms with van der Waals surface area (Å²) in [5.74, 6) is 0. The van der Waals surface area contributed by atoms with E-state index in [0.717, 1.165) is 30.7 Å². The third-order valence-electron chi connectivity index (χ3n) is 1.90. The first-order chi connectivity index (χ1) is 4.74. The molecule has 56 valence electrons. The van der Waals surface area contributed by atoms with Crippen molar-refractivity contribution in [2.45, 2.75) is 26.2 Å². The predicted octanol–water partition coefficient (Wildman–Crippen LogP) is 1.25. The monoisotopic (exact) mass is 138 g/mol. The van der Waals surface area contributed by atoms with Crippen LogP contribution in [0.25, 0.3) is 0 Å². The third-order valence-corrected chi connectivity index (χ3v) is 1.90. The van der Waals surface area contributed by atoms with E-state index in [2.05, 4.69) is 6.92 Å². The van der Waals surface area contributed by atoms with Gasteiger partial charge in [0.1, 0.15) is 0 Å². The van der Waals surface area contributed by atoms with E-state index in [4.69, 9.17) is 11.5 Å². The summed E-state index contributed by atoms with van der Waals surface area (Å²) in [7, 11) is 0. The van der Waals surface area contributed by atoms with Gasteiger partial charge in [-0.15, -0.1) is 0 Å². The summed E-state index contributed by atoms with van der Waals surface area (Å²) in [4.78, 5) is 0. The third kappa shape index (κ3) is 1.32. The van der Waals surface area contributed by atoms with Crippen LogP contribution < -0.4 is 11.5 Å². The van der Waals surface area contributed by atoms with Gasteiger partial charge in [-0.1, -0.05) is 12.5 Å². The zero-order valence-electron chi connectivity index (χ0n) is 6.35. The van der Waals surface area contributed by atoms with Crippen molar-refractivity contribution in [1.82, 2.24) is 0 Å². The van der Waals surface area contributed by atoms with Crippen molar-refractivity contribution in [1.29, 1.82) is 0 Å². The molecular weight excluding hydrogens is 124 g/mol. The molecule has 1 aliphatic carbocycles. The molecule has 0 unspecified atom stereocenters. The van der Waals surface area contributed by atoms with Crippen LogP contribution in [0.15, 0.2) is 23.0 Å². The summed E-state index contributed by atoms with van der Waals surface area (Å²) in [5, 5.41) is 0. The predicted molar refractivity (Wildman–Crippen MR) is 43.0 cm³/mol. The van der Waals surface area contributed by atoms with Gasteiger partial charge in [-0.3, -0.25) is 0 Å². The molecule has 0 aromatic heterocycles. The van der Waals surface area contributed by atoms with Gasteiger partial charge in [0.05, 0.1) is 5.70 Å². The minimum absolute atomic E-state index is 0.767. The first kappa shape index (κ1) is 7.19. The Morgan fingerprint density at radius 1 is 1.40 bits per heavy atom. The highest BCUT2D eigenvalue weighted by atomic mass is 14.7. The highest BCUT2D eigenvalue weighted by molar-refractivity contribution is 5.29. The van der Waals surface area contributed by atoms with Gasteiger partial charge < -0.3 is 11.5 Å².